The van der Waals surface area contributed by atoms with Gasteiger partial charge in [-0.2, -0.15) is 0 Å². The summed E-state index contributed by atoms with van der Waals surface area (Å²) in [5.74, 6) is 6.33. The molecule has 0 spiro atoms. The van der Waals surface area contributed by atoms with Gasteiger partial charge in [0, 0.05) is 9.61 Å². The Morgan fingerprint density at radius 3 is 2.31 bits per heavy atom. The minimum Gasteiger partial charge on any atom is -0.271 e. The quantitative estimate of drug-likeness (QED) is 0.477. The Labute approximate surface area is 112 Å². The first-order valence-electron chi connectivity index (χ1n) is 5.82. The molecule has 3 N–H and O–H groups in total. The van der Waals surface area contributed by atoms with Crippen LogP contribution in [0, 0.1) is 9.49 Å². The van der Waals surface area contributed by atoms with Crippen LogP contribution in [0.2, 0.25) is 0 Å². The van der Waals surface area contributed by atoms with Crippen LogP contribution in [0.1, 0.15) is 32.3 Å². The highest BCUT2D eigenvalue weighted by Gasteiger charge is 2.08. The molecule has 0 aliphatic carbocycles. The smallest absolute Gasteiger partial charge is 0.0251 e. The second-order valence-corrected chi connectivity index (χ2v) is 5.91. The van der Waals surface area contributed by atoms with Crippen LogP contribution in [0.15, 0.2) is 24.3 Å². The van der Waals surface area contributed by atoms with Crippen molar-refractivity contribution < 1.29 is 0 Å². The molecule has 1 aromatic carbocycles. The normalized spacial score (nSPS) is 13.1. The third kappa shape index (κ3) is 5.27. The lowest BCUT2D eigenvalue weighted by atomic mass is 9.98. The molecule has 2 nitrogen and oxygen atoms in total. The molecular weight excluding hydrogens is 311 g/mol. The van der Waals surface area contributed by atoms with Crippen LogP contribution in [-0.4, -0.2) is 6.04 Å². The number of hydrogen-bond acceptors (Lipinski definition) is 2. The molecule has 0 aromatic heterocycles. The minimum absolute atomic E-state index is 0.391. The molecule has 0 radical (unpaired) electrons. The maximum Gasteiger partial charge on any atom is 0.0251 e. The summed E-state index contributed by atoms with van der Waals surface area (Å²) < 4.78 is 1.28. The third-order valence-corrected chi connectivity index (χ3v) is 3.44. The minimum atomic E-state index is 0.391. The van der Waals surface area contributed by atoms with Gasteiger partial charge in [0.25, 0.3) is 0 Å². The summed E-state index contributed by atoms with van der Waals surface area (Å²) in [6, 6.07) is 9.04. The Morgan fingerprint density at radius 2 is 1.81 bits per heavy atom. The molecule has 0 saturated carbocycles. The average molecular weight is 332 g/mol. The summed E-state index contributed by atoms with van der Waals surface area (Å²) in [7, 11) is 0. The summed E-state index contributed by atoms with van der Waals surface area (Å²) in [5, 5.41) is 0. The van der Waals surface area contributed by atoms with Crippen molar-refractivity contribution in [3.63, 3.8) is 0 Å². The van der Waals surface area contributed by atoms with Crippen LogP contribution in [0.5, 0.6) is 0 Å². The Kier molecular flexibility index (Phi) is 6.31. The van der Waals surface area contributed by atoms with Crippen LogP contribution < -0.4 is 11.3 Å². The van der Waals surface area contributed by atoms with Gasteiger partial charge in [0.1, 0.15) is 0 Å². The van der Waals surface area contributed by atoms with E-state index in [0.717, 1.165) is 18.8 Å². The van der Waals surface area contributed by atoms with Gasteiger partial charge in [-0.3, -0.25) is 11.3 Å². The van der Waals surface area contributed by atoms with Crippen molar-refractivity contribution in [2.75, 3.05) is 0 Å². The Hall–Kier alpha value is -0.130. The van der Waals surface area contributed by atoms with E-state index in [2.05, 4.69) is 66.1 Å². The Morgan fingerprint density at radius 1 is 1.19 bits per heavy atom. The van der Waals surface area contributed by atoms with Gasteiger partial charge in [-0.25, -0.2) is 0 Å². The predicted octanol–water partition coefficient (Wildman–Crippen LogP) is 3.10. The summed E-state index contributed by atoms with van der Waals surface area (Å²) >= 11 is 2.32. The fourth-order valence-electron chi connectivity index (χ4n) is 1.68. The van der Waals surface area contributed by atoms with E-state index >= 15 is 0 Å². The number of halogens is 1. The molecule has 1 atom stereocenters. The lowest BCUT2D eigenvalue weighted by Crippen LogP contribution is -2.36. The molecular formula is C13H21IN2. The molecule has 0 aliphatic rings. The number of hydrazine groups is 1. The van der Waals surface area contributed by atoms with E-state index in [0.29, 0.717) is 6.04 Å². The van der Waals surface area contributed by atoms with Crippen LogP contribution in [0.3, 0.4) is 0 Å². The molecule has 90 valence electrons. The van der Waals surface area contributed by atoms with Crippen LogP contribution in [0.25, 0.3) is 0 Å². The molecule has 0 bridgehead atoms. The first kappa shape index (κ1) is 13.9. The summed E-state index contributed by atoms with van der Waals surface area (Å²) in [5.41, 5.74) is 4.27. The first-order valence-corrected chi connectivity index (χ1v) is 6.90. The zero-order valence-electron chi connectivity index (χ0n) is 10.0. The van der Waals surface area contributed by atoms with Gasteiger partial charge in [0.05, 0.1) is 0 Å². The molecule has 1 aromatic rings. The van der Waals surface area contributed by atoms with Gasteiger partial charge in [-0.05, 0) is 65.5 Å². The monoisotopic (exact) mass is 332 g/mol. The lowest BCUT2D eigenvalue weighted by molar-refractivity contribution is 0.434. The fourth-order valence-corrected chi connectivity index (χ4v) is 2.04. The molecule has 1 rings (SSSR count). The lowest BCUT2D eigenvalue weighted by Gasteiger charge is -2.17. The molecule has 0 fully saturated rings. The van der Waals surface area contributed by atoms with Gasteiger partial charge >= 0.3 is 0 Å². The highest BCUT2D eigenvalue weighted by atomic mass is 127. The average Bonchev–Trinajstić information content (AvgIpc) is 2.26. The molecule has 16 heavy (non-hydrogen) atoms. The summed E-state index contributed by atoms with van der Waals surface area (Å²) in [6.07, 6.45) is 3.37. The molecule has 0 saturated heterocycles. The van der Waals surface area contributed by atoms with Crippen molar-refractivity contribution in [1.82, 2.24) is 5.43 Å². The highest BCUT2D eigenvalue weighted by Crippen LogP contribution is 2.13. The van der Waals surface area contributed by atoms with Crippen LogP contribution in [0.4, 0.5) is 0 Å². The molecule has 1 unspecified atom stereocenters. The van der Waals surface area contributed by atoms with E-state index in [1.807, 2.05) is 0 Å². The van der Waals surface area contributed by atoms with Gasteiger partial charge in [-0.1, -0.05) is 26.0 Å². The molecule has 0 amide bonds. The van der Waals surface area contributed by atoms with E-state index < -0.39 is 0 Å². The van der Waals surface area contributed by atoms with Gasteiger partial charge in [0.15, 0.2) is 0 Å². The second kappa shape index (κ2) is 7.25. The van der Waals surface area contributed by atoms with E-state index in [1.165, 1.54) is 15.6 Å². The Bertz CT molecular complexity index is 295. The standard InChI is InChI=1S/C13H21IN2/c1-10(2)3-8-13(16-15)9-11-4-6-12(14)7-5-11/h4-7,10,13,16H,3,8-9,15H2,1-2H3. The van der Waals surface area contributed by atoms with E-state index in [1.54, 1.807) is 0 Å². The van der Waals surface area contributed by atoms with Gasteiger partial charge < -0.3 is 0 Å². The van der Waals surface area contributed by atoms with E-state index in [-0.39, 0.29) is 0 Å². The maximum absolute atomic E-state index is 5.59. The predicted molar refractivity (Wildman–Crippen MR) is 78.0 cm³/mol. The van der Waals surface area contributed by atoms with Crippen molar-refractivity contribution in [2.45, 2.75) is 39.2 Å². The number of rotatable bonds is 6. The fraction of sp³-hybridized carbons (Fsp3) is 0.538. The van der Waals surface area contributed by atoms with Gasteiger partial charge in [0.2, 0.25) is 0 Å². The third-order valence-electron chi connectivity index (χ3n) is 2.72. The maximum atomic E-state index is 5.59. The number of nitrogens with two attached hydrogens (primary N) is 1. The topological polar surface area (TPSA) is 38.0 Å². The van der Waals surface area contributed by atoms with Crippen molar-refractivity contribution in [1.29, 1.82) is 0 Å². The first-order chi connectivity index (χ1) is 7.61. The van der Waals surface area contributed by atoms with Crippen molar-refractivity contribution in [3.8, 4) is 0 Å². The Balaban J connectivity index is 2.46. The SMILES string of the molecule is CC(C)CCC(Cc1ccc(I)cc1)NN. The van der Waals surface area contributed by atoms with Crippen LogP contribution >= 0.6 is 22.6 Å². The number of nitrogens with one attached hydrogen (secondary N) is 1. The van der Waals surface area contributed by atoms with Crippen molar-refractivity contribution in [2.24, 2.45) is 11.8 Å². The van der Waals surface area contributed by atoms with Gasteiger partial charge in [-0.15, -0.1) is 0 Å². The number of hydrogen-bond donors (Lipinski definition) is 2. The van der Waals surface area contributed by atoms with Crippen molar-refractivity contribution >= 4 is 22.6 Å². The highest BCUT2D eigenvalue weighted by molar-refractivity contribution is 14.1. The summed E-state index contributed by atoms with van der Waals surface area (Å²) in [6.45, 7) is 4.50. The second-order valence-electron chi connectivity index (χ2n) is 4.67. The molecule has 0 aliphatic heterocycles. The summed E-state index contributed by atoms with van der Waals surface area (Å²) in [4.78, 5) is 0. The molecule has 0 heterocycles. The zero-order valence-corrected chi connectivity index (χ0v) is 12.2. The van der Waals surface area contributed by atoms with Crippen molar-refractivity contribution in [3.05, 3.63) is 33.4 Å². The van der Waals surface area contributed by atoms with E-state index in [4.69, 9.17) is 5.84 Å². The zero-order chi connectivity index (χ0) is 12.0. The molecule has 3 heteroatoms. The number of benzene rings is 1. The van der Waals surface area contributed by atoms with Crippen LogP contribution in [-0.2, 0) is 6.42 Å². The largest absolute Gasteiger partial charge is 0.271 e. The van der Waals surface area contributed by atoms with E-state index in [9.17, 15) is 0 Å².